The number of unbranched alkanes of at least 4 members (excludes halogenated alkanes) is 1. The molecule has 0 aliphatic heterocycles. The summed E-state index contributed by atoms with van der Waals surface area (Å²) < 4.78 is 28.8. The van der Waals surface area contributed by atoms with Crippen LogP contribution in [0, 0.1) is 6.92 Å². The Bertz CT molecular complexity index is 1350. The Morgan fingerprint density at radius 3 is 2.26 bits per heavy atom. The second-order valence-corrected chi connectivity index (χ2v) is 11.7. The molecular formula is C30H36ClN3O4S. The fourth-order valence-corrected chi connectivity index (χ4v) is 5.78. The van der Waals surface area contributed by atoms with E-state index in [1.807, 2.05) is 57.2 Å². The highest BCUT2D eigenvalue weighted by Crippen LogP contribution is 2.26. The minimum absolute atomic E-state index is 0.0140. The maximum absolute atomic E-state index is 14.0. The molecule has 3 aromatic carbocycles. The van der Waals surface area contributed by atoms with Gasteiger partial charge in [0.2, 0.25) is 11.8 Å². The number of halogens is 1. The third-order valence-corrected chi connectivity index (χ3v) is 8.42. The van der Waals surface area contributed by atoms with Gasteiger partial charge < -0.3 is 10.2 Å². The van der Waals surface area contributed by atoms with Gasteiger partial charge in [-0.25, -0.2) is 8.42 Å². The number of benzene rings is 3. The molecule has 2 amide bonds. The fraction of sp³-hybridized carbons (Fsp3) is 0.333. The predicted molar refractivity (Wildman–Crippen MR) is 156 cm³/mol. The minimum Gasteiger partial charge on any atom is -0.354 e. The van der Waals surface area contributed by atoms with E-state index in [0.717, 1.165) is 28.3 Å². The molecule has 39 heavy (non-hydrogen) atoms. The summed E-state index contributed by atoms with van der Waals surface area (Å²) in [6, 6.07) is 21.4. The molecule has 208 valence electrons. The number of carbonyl (C=O) groups excluding carboxylic acids is 2. The molecular weight excluding hydrogens is 534 g/mol. The van der Waals surface area contributed by atoms with Crippen LogP contribution in [0.3, 0.4) is 0 Å². The smallest absolute Gasteiger partial charge is 0.264 e. The van der Waals surface area contributed by atoms with Gasteiger partial charge in [0.15, 0.2) is 0 Å². The molecule has 0 aromatic heterocycles. The van der Waals surface area contributed by atoms with Gasteiger partial charge in [-0.2, -0.15) is 0 Å². The van der Waals surface area contributed by atoms with Crippen LogP contribution in [0.15, 0.2) is 83.8 Å². The van der Waals surface area contributed by atoms with Crippen LogP contribution in [0.5, 0.6) is 0 Å². The van der Waals surface area contributed by atoms with Gasteiger partial charge in [-0.1, -0.05) is 74.3 Å². The van der Waals surface area contributed by atoms with Crippen molar-refractivity contribution in [3.63, 3.8) is 0 Å². The Morgan fingerprint density at radius 1 is 0.949 bits per heavy atom. The van der Waals surface area contributed by atoms with Gasteiger partial charge in [-0.05, 0) is 67.3 Å². The van der Waals surface area contributed by atoms with Gasteiger partial charge in [0.1, 0.15) is 12.6 Å². The van der Waals surface area contributed by atoms with E-state index < -0.39 is 28.5 Å². The molecule has 3 rings (SSSR count). The summed E-state index contributed by atoms with van der Waals surface area (Å²) in [4.78, 5) is 28.7. The lowest BCUT2D eigenvalue weighted by Crippen LogP contribution is -2.52. The second kappa shape index (κ2) is 14.1. The molecule has 0 fully saturated rings. The van der Waals surface area contributed by atoms with Crippen LogP contribution < -0.4 is 9.62 Å². The summed E-state index contributed by atoms with van der Waals surface area (Å²) in [5.74, 6) is -0.728. The van der Waals surface area contributed by atoms with Crippen LogP contribution in [-0.4, -0.2) is 44.3 Å². The quantitative estimate of drug-likeness (QED) is 0.273. The van der Waals surface area contributed by atoms with Crippen molar-refractivity contribution in [3.05, 3.63) is 95.0 Å². The van der Waals surface area contributed by atoms with Crippen LogP contribution in [0.25, 0.3) is 0 Å². The highest BCUT2D eigenvalue weighted by Gasteiger charge is 2.33. The molecule has 1 N–H and O–H groups in total. The normalized spacial score (nSPS) is 12.0. The van der Waals surface area contributed by atoms with Crippen LogP contribution >= 0.6 is 11.6 Å². The zero-order chi connectivity index (χ0) is 28.4. The first-order chi connectivity index (χ1) is 18.7. The van der Waals surface area contributed by atoms with E-state index in [2.05, 4.69) is 5.32 Å². The lowest BCUT2D eigenvalue weighted by molar-refractivity contribution is -0.140. The zero-order valence-corrected chi connectivity index (χ0v) is 24.2. The van der Waals surface area contributed by atoms with Gasteiger partial charge >= 0.3 is 0 Å². The van der Waals surface area contributed by atoms with Crippen molar-refractivity contribution in [2.45, 2.75) is 57.5 Å². The number of nitrogens with one attached hydrogen (secondary N) is 1. The van der Waals surface area contributed by atoms with Gasteiger partial charge in [-0.15, -0.1) is 0 Å². The first kappa shape index (κ1) is 30.2. The Balaban J connectivity index is 2.02. The largest absolute Gasteiger partial charge is 0.354 e. The van der Waals surface area contributed by atoms with Gasteiger partial charge in [0.05, 0.1) is 10.6 Å². The molecule has 0 bridgehead atoms. The summed E-state index contributed by atoms with van der Waals surface area (Å²) >= 11 is 6.00. The molecule has 0 spiro atoms. The monoisotopic (exact) mass is 569 g/mol. The minimum atomic E-state index is -4.13. The topological polar surface area (TPSA) is 86.8 Å². The third kappa shape index (κ3) is 8.07. The number of carbonyl (C=O) groups is 2. The van der Waals surface area contributed by atoms with E-state index in [1.165, 1.54) is 29.2 Å². The number of hydrogen-bond donors (Lipinski definition) is 1. The molecule has 0 aliphatic carbocycles. The number of amides is 2. The average molecular weight is 570 g/mol. The Morgan fingerprint density at radius 2 is 1.64 bits per heavy atom. The first-order valence-corrected chi connectivity index (χ1v) is 14.9. The average Bonchev–Trinajstić information content (AvgIpc) is 2.92. The van der Waals surface area contributed by atoms with Crippen molar-refractivity contribution in [3.8, 4) is 0 Å². The van der Waals surface area contributed by atoms with Gasteiger partial charge in [0.25, 0.3) is 10.0 Å². The standard InChI is InChI=1S/C30H36ClN3O4S/c1-4-6-19-32-30(36)28(5-2)33(21-24-12-8-7-9-13-24)29(35)22-34(26-14-10-11-23(3)20-26)39(37,38)27-17-15-25(31)16-18-27/h7-18,20,28H,4-6,19,21-22H2,1-3H3,(H,32,36)/t28-/m1/s1. The molecule has 9 heteroatoms. The van der Waals surface area contributed by atoms with Gasteiger partial charge in [0, 0.05) is 18.1 Å². The van der Waals surface area contributed by atoms with Crippen molar-refractivity contribution >= 4 is 39.1 Å². The lowest BCUT2D eigenvalue weighted by Gasteiger charge is -2.33. The highest BCUT2D eigenvalue weighted by atomic mass is 35.5. The van der Waals surface area contributed by atoms with Crippen molar-refractivity contribution in [1.82, 2.24) is 10.2 Å². The van der Waals surface area contributed by atoms with Crippen molar-refractivity contribution in [2.75, 3.05) is 17.4 Å². The zero-order valence-electron chi connectivity index (χ0n) is 22.6. The predicted octanol–water partition coefficient (Wildman–Crippen LogP) is 5.57. The summed E-state index contributed by atoms with van der Waals surface area (Å²) in [6.07, 6.45) is 2.14. The number of sulfonamides is 1. The van der Waals surface area contributed by atoms with E-state index in [4.69, 9.17) is 11.6 Å². The van der Waals surface area contributed by atoms with E-state index in [1.54, 1.807) is 18.2 Å². The maximum atomic E-state index is 14.0. The molecule has 0 heterocycles. The number of hydrogen-bond acceptors (Lipinski definition) is 4. The molecule has 0 aliphatic rings. The van der Waals surface area contributed by atoms with E-state index >= 15 is 0 Å². The van der Waals surface area contributed by atoms with E-state index in [0.29, 0.717) is 23.7 Å². The van der Waals surface area contributed by atoms with Crippen LogP contribution in [-0.2, 0) is 26.2 Å². The number of rotatable bonds is 13. The Kier molecular flexibility index (Phi) is 10.9. The van der Waals surface area contributed by atoms with E-state index in [-0.39, 0.29) is 17.3 Å². The second-order valence-electron chi connectivity index (χ2n) is 9.38. The lowest BCUT2D eigenvalue weighted by atomic mass is 10.1. The molecule has 0 saturated carbocycles. The number of nitrogens with zero attached hydrogens (tertiary/aromatic N) is 2. The fourth-order valence-electron chi connectivity index (χ4n) is 4.25. The molecule has 1 atom stereocenters. The van der Waals surface area contributed by atoms with E-state index in [9.17, 15) is 18.0 Å². The van der Waals surface area contributed by atoms with Gasteiger partial charge in [-0.3, -0.25) is 13.9 Å². The maximum Gasteiger partial charge on any atom is 0.264 e. The van der Waals surface area contributed by atoms with Crippen molar-refractivity contribution < 1.29 is 18.0 Å². The van der Waals surface area contributed by atoms with Crippen molar-refractivity contribution in [2.24, 2.45) is 0 Å². The molecule has 0 radical (unpaired) electrons. The number of anilines is 1. The van der Waals surface area contributed by atoms with Crippen LogP contribution in [0.4, 0.5) is 5.69 Å². The van der Waals surface area contributed by atoms with Crippen molar-refractivity contribution in [1.29, 1.82) is 0 Å². The summed E-state index contributed by atoms with van der Waals surface area (Å²) in [5, 5.41) is 3.34. The first-order valence-electron chi connectivity index (χ1n) is 13.1. The third-order valence-electron chi connectivity index (χ3n) is 6.38. The van der Waals surface area contributed by atoms with Crippen LogP contribution in [0.1, 0.15) is 44.2 Å². The Labute approximate surface area is 236 Å². The Hall–Kier alpha value is -3.36. The summed E-state index contributed by atoms with van der Waals surface area (Å²) in [5.41, 5.74) is 2.05. The summed E-state index contributed by atoms with van der Waals surface area (Å²) in [6.45, 7) is 5.95. The number of aryl methyl sites for hydroxylation is 1. The van der Waals surface area contributed by atoms with Crippen LogP contribution in [0.2, 0.25) is 5.02 Å². The molecule has 3 aromatic rings. The SMILES string of the molecule is CCCCNC(=O)[C@@H](CC)N(Cc1ccccc1)C(=O)CN(c1cccc(C)c1)S(=O)(=O)c1ccc(Cl)cc1. The molecule has 0 unspecified atom stereocenters. The molecule has 7 nitrogen and oxygen atoms in total. The molecule has 0 saturated heterocycles. The summed E-state index contributed by atoms with van der Waals surface area (Å²) in [7, 11) is -4.13. The highest BCUT2D eigenvalue weighted by molar-refractivity contribution is 7.92.